The molecule has 2 heterocycles. The van der Waals surface area contributed by atoms with Crippen molar-refractivity contribution in [3.63, 3.8) is 0 Å². The van der Waals surface area contributed by atoms with Crippen LogP contribution in [0, 0.1) is 12.8 Å². The molecule has 1 N–H and O–H groups in total. The molecule has 0 unspecified atom stereocenters. The van der Waals surface area contributed by atoms with Gasteiger partial charge in [-0.25, -0.2) is 9.78 Å². The fourth-order valence-electron chi connectivity index (χ4n) is 2.32. The van der Waals surface area contributed by atoms with E-state index in [4.69, 9.17) is 4.74 Å². The monoisotopic (exact) mass is 324 g/mol. The average Bonchev–Trinajstić information content (AvgIpc) is 2.93. The Kier molecular flexibility index (Phi) is 4.46. The largest absolute Gasteiger partial charge is 0.449 e. The van der Waals surface area contributed by atoms with Crippen LogP contribution in [0.2, 0.25) is 0 Å². The van der Waals surface area contributed by atoms with Crippen LogP contribution in [0.3, 0.4) is 0 Å². The molecule has 0 spiro atoms. The number of aryl methyl sites for hydroxylation is 1. The Bertz CT molecular complexity index is 870. The third-order valence-corrected chi connectivity index (χ3v) is 3.41. The van der Waals surface area contributed by atoms with Gasteiger partial charge in [-0.3, -0.25) is 5.32 Å². The van der Waals surface area contributed by atoms with Crippen molar-refractivity contribution in [2.75, 3.05) is 11.9 Å². The van der Waals surface area contributed by atoms with Gasteiger partial charge in [-0.15, -0.1) is 0 Å². The van der Waals surface area contributed by atoms with E-state index in [1.54, 1.807) is 10.7 Å². The van der Waals surface area contributed by atoms with Crippen LogP contribution in [-0.4, -0.2) is 27.5 Å². The zero-order valence-corrected chi connectivity index (χ0v) is 14.0. The summed E-state index contributed by atoms with van der Waals surface area (Å²) < 4.78 is 6.78. The number of fused-ring (bicyclic) bond motifs is 1. The molecule has 124 valence electrons. The van der Waals surface area contributed by atoms with Crippen LogP contribution in [0.4, 0.5) is 10.6 Å². The molecule has 2 aromatic heterocycles. The third kappa shape index (κ3) is 3.53. The molecule has 6 nitrogen and oxygen atoms in total. The minimum atomic E-state index is -0.495. The van der Waals surface area contributed by atoms with Crippen molar-refractivity contribution in [2.45, 2.75) is 20.8 Å². The van der Waals surface area contributed by atoms with Crippen molar-refractivity contribution in [1.82, 2.24) is 14.8 Å². The van der Waals surface area contributed by atoms with Gasteiger partial charge in [0.1, 0.15) is 5.82 Å². The van der Waals surface area contributed by atoms with Gasteiger partial charge in [0.15, 0.2) is 5.82 Å². The number of hydrogen-bond acceptors (Lipinski definition) is 4. The second-order valence-corrected chi connectivity index (χ2v) is 6.06. The first kappa shape index (κ1) is 16.0. The first-order chi connectivity index (χ1) is 11.5. The Morgan fingerprint density at radius 3 is 2.83 bits per heavy atom. The van der Waals surface area contributed by atoms with Crippen LogP contribution >= 0.6 is 0 Å². The fraction of sp³-hybridized carbons (Fsp3) is 0.278. The van der Waals surface area contributed by atoms with Gasteiger partial charge in [-0.1, -0.05) is 32.0 Å². The lowest BCUT2D eigenvalue weighted by Crippen LogP contribution is -2.18. The van der Waals surface area contributed by atoms with Gasteiger partial charge < -0.3 is 4.74 Å². The maximum absolute atomic E-state index is 11.9. The smallest absolute Gasteiger partial charge is 0.412 e. The Morgan fingerprint density at radius 1 is 1.25 bits per heavy atom. The molecule has 0 atom stereocenters. The van der Waals surface area contributed by atoms with E-state index in [0.717, 1.165) is 16.6 Å². The molecule has 6 heteroatoms. The number of amides is 1. The Labute approximate surface area is 140 Å². The van der Waals surface area contributed by atoms with Crippen LogP contribution in [0.5, 0.6) is 0 Å². The normalized spacial score (nSPS) is 11.0. The highest BCUT2D eigenvalue weighted by atomic mass is 16.5. The van der Waals surface area contributed by atoms with Crippen LogP contribution < -0.4 is 5.32 Å². The quantitative estimate of drug-likeness (QED) is 0.789. The van der Waals surface area contributed by atoms with Crippen LogP contribution in [0.1, 0.15) is 19.5 Å². The van der Waals surface area contributed by atoms with Gasteiger partial charge in [0, 0.05) is 11.5 Å². The average molecular weight is 324 g/mol. The van der Waals surface area contributed by atoms with Crippen LogP contribution in [0.25, 0.3) is 16.7 Å². The number of ether oxygens (including phenoxy) is 1. The van der Waals surface area contributed by atoms with Gasteiger partial charge in [0.05, 0.1) is 17.8 Å². The highest BCUT2D eigenvalue weighted by Crippen LogP contribution is 2.19. The number of carbonyl (C=O) groups is 1. The van der Waals surface area contributed by atoms with Crippen molar-refractivity contribution in [3.8, 4) is 5.82 Å². The topological polar surface area (TPSA) is 69.0 Å². The lowest BCUT2D eigenvalue weighted by atomic mass is 10.2. The summed E-state index contributed by atoms with van der Waals surface area (Å²) in [4.78, 5) is 16.5. The molecule has 0 aliphatic carbocycles. The van der Waals surface area contributed by atoms with Crippen molar-refractivity contribution < 1.29 is 9.53 Å². The summed E-state index contributed by atoms with van der Waals surface area (Å²) in [6.07, 6.45) is -0.495. The molecule has 0 saturated heterocycles. The predicted molar refractivity (Wildman–Crippen MR) is 93.4 cm³/mol. The van der Waals surface area contributed by atoms with Crippen molar-refractivity contribution in [1.29, 1.82) is 0 Å². The van der Waals surface area contributed by atoms with Crippen LogP contribution in [0.15, 0.2) is 42.5 Å². The summed E-state index contributed by atoms with van der Waals surface area (Å²) >= 11 is 0. The Balaban J connectivity index is 1.88. The summed E-state index contributed by atoms with van der Waals surface area (Å²) in [5.74, 6) is 1.45. The first-order valence-corrected chi connectivity index (χ1v) is 7.89. The van der Waals surface area contributed by atoms with Crippen molar-refractivity contribution in [2.24, 2.45) is 5.92 Å². The van der Waals surface area contributed by atoms with E-state index in [1.165, 1.54) is 0 Å². The number of nitrogens with one attached hydrogen (secondary N) is 1. The number of rotatable bonds is 4. The number of aromatic nitrogens is 3. The number of pyridine rings is 1. The number of nitrogens with zero attached hydrogens (tertiary/aromatic N) is 3. The molecular weight excluding hydrogens is 304 g/mol. The molecule has 3 rings (SSSR count). The maximum Gasteiger partial charge on any atom is 0.412 e. The molecular formula is C18H20N4O2. The van der Waals surface area contributed by atoms with Crippen LogP contribution in [-0.2, 0) is 4.74 Å². The van der Waals surface area contributed by atoms with E-state index in [2.05, 4.69) is 15.4 Å². The molecule has 1 amide bonds. The van der Waals surface area contributed by atoms with Gasteiger partial charge in [0.2, 0.25) is 0 Å². The first-order valence-electron chi connectivity index (χ1n) is 7.89. The molecule has 24 heavy (non-hydrogen) atoms. The summed E-state index contributed by atoms with van der Waals surface area (Å²) in [6, 6.07) is 13.5. The SMILES string of the molecule is Cc1cc(NC(=O)OCC(C)C)n(-c2ccc3ccccc3n2)n1. The predicted octanol–water partition coefficient (Wildman–Crippen LogP) is 3.93. The second kappa shape index (κ2) is 6.70. The molecule has 0 fully saturated rings. The molecule has 0 saturated carbocycles. The van der Waals surface area contributed by atoms with Gasteiger partial charge >= 0.3 is 6.09 Å². The molecule has 3 aromatic rings. The zero-order chi connectivity index (χ0) is 17.1. The number of carbonyl (C=O) groups excluding carboxylic acids is 1. The summed E-state index contributed by atoms with van der Waals surface area (Å²) in [7, 11) is 0. The summed E-state index contributed by atoms with van der Waals surface area (Å²) in [6.45, 7) is 6.21. The number of para-hydroxylation sites is 1. The second-order valence-electron chi connectivity index (χ2n) is 6.06. The minimum Gasteiger partial charge on any atom is -0.449 e. The van der Waals surface area contributed by atoms with Gasteiger partial charge in [-0.2, -0.15) is 9.78 Å². The number of anilines is 1. The van der Waals surface area contributed by atoms with E-state index >= 15 is 0 Å². The standard InChI is InChI=1S/C18H20N4O2/c1-12(2)11-24-18(23)20-17-10-13(3)21-22(17)16-9-8-14-6-4-5-7-15(14)19-16/h4-10,12H,11H2,1-3H3,(H,20,23). The zero-order valence-electron chi connectivity index (χ0n) is 14.0. The maximum atomic E-state index is 11.9. The van der Waals surface area contributed by atoms with Crippen molar-refractivity contribution >= 4 is 22.8 Å². The van der Waals surface area contributed by atoms with E-state index in [0.29, 0.717) is 18.2 Å². The summed E-state index contributed by atoms with van der Waals surface area (Å²) in [5, 5.41) is 8.20. The Hall–Kier alpha value is -2.89. The lowest BCUT2D eigenvalue weighted by Gasteiger charge is -2.10. The number of benzene rings is 1. The minimum absolute atomic E-state index is 0.282. The van der Waals surface area contributed by atoms with Crippen molar-refractivity contribution in [3.05, 3.63) is 48.2 Å². The molecule has 0 aliphatic rings. The fourth-order valence-corrected chi connectivity index (χ4v) is 2.32. The third-order valence-electron chi connectivity index (χ3n) is 3.41. The highest BCUT2D eigenvalue weighted by Gasteiger charge is 2.13. The molecule has 0 radical (unpaired) electrons. The molecule has 1 aromatic carbocycles. The van der Waals surface area contributed by atoms with Gasteiger partial charge in [0.25, 0.3) is 0 Å². The highest BCUT2D eigenvalue weighted by molar-refractivity contribution is 5.84. The van der Waals surface area contributed by atoms with E-state index in [1.807, 2.05) is 57.2 Å². The molecule has 0 aliphatic heterocycles. The van der Waals surface area contributed by atoms with E-state index in [9.17, 15) is 4.79 Å². The summed E-state index contributed by atoms with van der Waals surface area (Å²) in [5.41, 5.74) is 1.65. The Morgan fingerprint density at radius 2 is 2.04 bits per heavy atom. The van der Waals surface area contributed by atoms with Gasteiger partial charge in [-0.05, 0) is 31.0 Å². The lowest BCUT2D eigenvalue weighted by molar-refractivity contribution is 0.147. The number of hydrogen-bond donors (Lipinski definition) is 1. The van der Waals surface area contributed by atoms with E-state index < -0.39 is 6.09 Å². The van der Waals surface area contributed by atoms with E-state index in [-0.39, 0.29) is 5.92 Å². The molecule has 0 bridgehead atoms.